The van der Waals surface area contributed by atoms with E-state index in [1.807, 2.05) is 53.7 Å². The maximum Gasteiger partial charge on any atom is 0.410 e. The molecule has 1 amide bonds. The fourth-order valence-corrected chi connectivity index (χ4v) is 2.27. The van der Waals surface area contributed by atoms with Crippen LogP contribution in [0.4, 0.5) is 4.79 Å². The molecule has 0 fully saturated rings. The van der Waals surface area contributed by atoms with Gasteiger partial charge in [0.15, 0.2) is 0 Å². The first-order valence-corrected chi connectivity index (χ1v) is 7.64. The van der Waals surface area contributed by atoms with Crippen LogP contribution in [0.1, 0.15) is 45.7 Å². The fraction of sp³-hybridized carbons (Fsp3) is 0.562. The highest BCUT2D eigenvalue weighted by molar-refractivity contribution is 9.10. The van der Waals surface area contributed by atoms with E-state index in [0.29, 0.717) is 6.54 Å². The van der Waals surface area contributed by atoms with Crippen LogP contribution < -0.4 is 0 Å². The molecule has 0 saturated carbocycles. The fourth-order valence-electron chi connectivity index (χ4n) is 1.80. The van der Waals surface area contributed by atoms with Crippen LogP contribution in [0.2, 0.25) is 0 Å². The third-order valence-electron chi connectivity index (χ3n) is 2.90. The summed E-state index contributed by atoms with van der Waals surface area (Å²) in [4.78, 5) is 14.0. The molecule has 1 aromatic carbocycles. The number of carbonyl (C=O) groups excluding carboxylic acids is 1. The Morgan fingerprint density at radius 1 is 1.35 bits per heavy atom. The Morgan fingerprint density at radius 2 is 1.95 bits per heavy atom. The number of halogens is 1. The number of nitrogens with zero attached hydrogens (tertiary/aromatic N) is 1. The molecule has 0 radical (unpaired) electrons. The molecular weight excluding hydrogens is 318 g/mol. The van der Waals surface area contributed by atoms with Crippen molar-refractivity contribution in [3.8, 4) is 0 Å². The van der Waals surface area contributed by atoms with Gasteiger partial charge in [-0.25, -0.2) is 4.79 Å². The first-order chi connectivity index (χ1) is 9.10. The summed E-state index contributed by atoms with van der Waals surface area (Å²) in [6.45, 7) is 12.3. The van der Waals surface area contributed by atoms with E-state index in [-0.39, 0.29) is 12.1 Å². The molecular formula is C16H24BrNO2. The van der Waals surface area contributed by atoms with E-state index in [1.54, 1.807) is 4.90 Å². The Balaban J connectivity index is 2.90. The molecule has 1 rings (SSSR count). The molecule has 0 N–H and O–H groups in total. The van der Waals surface area contributed by atoms with Crippen LogP contribution in [-0.2, 0) is 11.3 Å². The number of amides is 1. The van der Waals surface area contributed by atoms with Gasteiger partial charge in [-0.15, -0.1) is 0 Å². The van der Waals surface area contributed by atoms with Crippen LogP contribution in [0.25, 0.3) is 0 Å². The predicted molar refractivity (Wildman–Crippen MR) is 85.8 cm³/mol. The van der Waals surface area contributed by atoms with Gasteiger partial charge in [-0.2, -0.15) is 0 Å². The van der Waals surface area contributed by atoms with Crippen LogP contribution in [0.5, 0.6) is 0 Å². The Labute approximate surface area is 130 Å². The summed E-state index contributed by atoms with van der Waals surface area (Å²) in [6, 6.07) is 6.19. The van der Waals surface area contributed by atoms with Crippen molar-refractivity contribution in [2.24, 2.45) is 0 Å². The van der Waals surface area contributed by atoms with E-state index in [2.05, 4.69) is 22.0 Å². The minimum atomic E-state index is -0.473. The van der Waals surface area contributed by atoms with Crippen molar-refractivity contribution in [1.82, 2.24) is 4.90 Å². The van der Waals surface area contributed by atoms with Gasteiger partial charge in [-0.1, -0.05) is 22.0 Å². The van der Waals surface area contributed by atoms with Crippen molar-refractivity contribution in [3.05, 3.63) is 33.8 Å². The zero-order valence-corrected chi connectivity index (χ0v) is 14.7. The van der Waals surface area contributed by atoms with Gasteiger partial charge < -0.3 is 9.64 Å². The third-order valence-corrected chi connectivity index (χ3v) is 3.39. The molecule has 0 bridgehead atoms. The van der Waals surface area contributed by atoms with Crippen molar-refractivity contribution in [3.63, 3.8) is 0 Å². The summed E-state index contributed by atoms with van der Waals surface area (Å²) in [7, 11) is 0. The molecule has 0 aliphatic carbocycles. The van der Waals surface area contributed by atoms with Gasteiger partial charge in [-0.3, -0.25) is 0 Å². The van der Waals surface area contributed by atoms with Crippen molar-refractivity contribution in [1.29, 1.82) is 0 Å². The quantitative estimate of drug-likeness (QED) is 0.782. The number of hydrogen-bond acceptors (Lipinski definition) is 2. The monoisotopic (exact) mass is 341 g/mol. The van der Waals surface area contributed by atoms with Crippen molar-refractivity contribution < 1.29 is 9.53 Å². The normalized spacial score (nSPS) is 11.6. The van der Waals surface area contributed by atoms with Crippen LogP contribution in [0.3, 0.4) is 0 Å². The Morgan fingerprint density at radius 3 is 2.40 bits per heavy atom. The van der Waals surface area contributed by atoms with Crippen LogP contribution in [0, 0.1) is 6.92 Å². The second-order valence-electron chi connectivity index (χ2n) is 6.27. The standard InChI is InChI=1S/C16H24BrNO2/c1-11(2)18(15(19)20-16(4,5)6)10-13-7-8-14(17)9-12(13)3/h7-9,11H,10H2,1-6H3. The van der Waals surface area contributed by atoms with Gasteiger partial charge in [0.1, 0.15) is 5.60 Å². The highest BCUT2D eigenvalue weighted by Gasteiger charge is 2.24. The number of ether oxygens (including phenoxy) is 1. The molecule has 0 heterocycles. The first kappa shape index (κ1) is 17.0. The highest BCUT2D eigenvalue weighted by Crippen LogP contribution is 2.20. The van der Waals surface area contributed by atoms with Crippen LogP contribution in [-0.4, -0.2) is 22.6 Å². The molecule has 0 atom stereocenters. The van der Waals surface area contributed by atoms with E-state index in [1.165, 1.54) is 0 Å². The number of aryl methyl sites for hydroxylation is 1. The molecule has 112 valence electrons. The van der Waals surface area contributed by atoms with Gasteiger partial charge in [0.25, 0.3) is 0 Å². The van der Waals surface area contributed by atoms with E-state index in [4.69, 9.17) is 4.74 Å². The Bertz CT molecular complexity index is 478. The Kier molecular flexibility index (Phi) is 5.63. The third kappa shape index (κ3) is 5.16. The Hall–Kier alpha value is -1.03. The highest BCUT2D eigenvalue weighted by atomic mass is 79.9. The average Bonchev–Trinajstić information content (AvgIpc) is 2.24. The second kappa shape index (κ2) is 6.61. The summed E-state index contributed by atoms with van der Waals surface area (Å²) in [5, 5.41) is 0. The average molecular weight is 342 g/mol. The van der Waals surface area contributed by atoms with Gasteiger partial charge >= 0.3 is 6.09 Å². The summed E-state index contributed by atoms with van der Waals surface area (Å²) < 4.78 is 6.52. The van der Waals surface area contributed by atoms with Gasteiger partial charge in [-0.05, 0) is 64.8 Å². The minimum Gasteiger partial charge on any atom is -0.444 e. The lowest BCUT2D eigenvalue weighted by Crippen LogP contribution is -2.40. The first-order valence-electron chi connectivity index (χ1n) is 6.85. The maximum atomic E-state index is 12.3. The zero-order valence-electron chi connectivity index (χ0n) is 13.2. The second-order valence-corrected chi connectivity index (χ2v) is 7.19. The van der Waals surface area contributed by atoms with Gasteiger partial charge in [0, 0.05) is 17.1 Å². The lowest BCUT2D eigenvalue weighted by atomic mass is 10.1. The summed E-state index contributed by atoms with van der Waals surface area (Å²) in [6.07, 6.45) is -0.269. The molecule has 0 spiro atoms. The SMILES string of the molecule is Cc1cc(Br)ccc1CN(C(=O)OC(C)(C)C)C(C)C. The molecule has 20 heavy (non-hydrogen) atoms. The molecule has 0 aliphatic heterocycles. The van der Waals surface area contributed by atoms with E-state index < -0.39 is 5.60 Å². The van der Waals surface area contributed by atoms with Gasteiger partial charge in [0.05, 0.1) is 0 Å². The molecule has 1 aromatic rings. The van der Waals surface area contributed by atoms with Crippen LogP contribution >= 0.6 is 15.9 Å². The zero-order chi connectivity index (χ0) is 15.5. The lowest BCUT2D eigenvalue weighted by molar-refractivity contribution is 0.0171. The molecule has 0 aliphatic rings. The van der Waals surface area contributed by atoms with Gasteiger partial charge in [0.2, 0.25) is 0 Å². The number of rotatable bonds is 3. The smallest absolute Gasteiger partial charge is 0.410 e. The molecule has 0 saturated heterocycles. The van der Waals surface area contributed by atoms with E-state index in [0.717, 1.165) is 15.6 Å². The predicted octanol–water partition coefficient (Wildman–Crippen LogP) is 4.90. The number of benzene rings is 1. The van der Waals surface area contributed by atoms with Crippen molar-refractivity contribution >= 4 is 22.0 Å². The lowest BCUT2D eigenvalue weighted by Gasteiger charge is -2.30. The molecule has 4 heteroatoms. The topological polar surface area (TPSA) is 29.5 Å². The van der Waals surface area contributed by atoms with Crippen molar-refractivity contribution in [2.75, 3.05) is 0 Å². The summed E-state index contributed by atoms with van der Waals surface area (Å²) in [5.74, 6) is 0. The molecule has 0 unspecified atom stereocenters. The maximum absolute atomic E-state index is 12.3. The number of carbonyl (C=O) groups is 1. The van der Waals surface area contributed by atoms with E-state index in [9.17, 15) is 4.79 Å². The molecule has 3 nitrogen and oxygen atoms in total. The van der Waals surface area contributed by atoms with Crippen molar-refractivity contribution in [2.45, 2.75) is 59.7 Å². The van der Waals surface area contributed by atoms with Crippen LogP contribution in [0.15, 0.2) is 22.7 Å². The largest absolute Gasteiger partial charge is 0.444 e. The summed E-state index contributed by atoms with van der Waals surface area (Å²) >= 11 is 3.45. The number of hydrogen-bond donors (Lipinski definition) is 0. The summed E-state index contributed by atoms with van der Waals surface area (Å²) in [5.41, 5.74) is 1.82. The van der Waals surface area contributed by atoms with E-state index >= 15 is 0 Å². The minimum absolute atomic E-state index is 0.0906. The molecule has 0 aromatic heterocycles.